The van der Waals surface area contributed by atoms with E-state index in [4.69, 9.17) is 9.84 Å². The van der Waals surface area contributed by atoms with Gasteiger partial charge in [0, 0.05) is 13.0 Å². The van der Waals surface area contributed by atoms with Crippen molar-refractivity contribution in [3.63, 3.8) is 0 Å². The minimum atomic E-state index is -0.884. The highest BCUT2D eigenvalue weighted by molar-refractivity contribution is 5.69. The maximum atomic E-state index is 10.7. The second-order valence-electron chi connectivity index (χ2n) is 4.72. The molecule has 0 saturated carbocycles. The number of rotatable bonds is 8. The molecule has 112 valence electrons. The Balaban J connectivity index is 1.76. The molecule has 0 spiro atoms. The Morgan fingerprint density at radius 3 is 2.76 bits per heavy atom. The standard InChI is InChI=1S/C15H19N3O3/c1-2-12-4-6-14(7-5-12)21-9-3-8-18-13(10-15(19)20)11-16-17-18/h4-7,11H,2-3,8-10H2,1H3,(H,19,20). The zero-order chi connectivity index (χ0) is 15.1. The lowest BCUT2D eigenvalue weighted by Crippen LogP contribution is -2.12. The van der Waals surface area contributed by atoms with E-state index in [1.54, 1.807) is 4.68 Å². The number of carboxylic acid groups (broad SMARTS) is 1. The van der Waals surface area contributed by atoms with Gasteiger partial charge in [0.25, 0.3) is 0 Å². The van der Waals surface area contributed by atoms with Gasteiger partial charge in [-0.05, 0) is 24.1 Å². The molecule has 1 heterocycles. The maximum absolute atomic E-state index is 10.7. The third-order valence-electron chi connectivity index (χ3n) is 3.14. The molecule has 2 aromatic rings. The fourth-order valence-electron chi connectivity index (χ4n) is 1.98. The number of ether oxygens (including phenoxy) is 1. The lowest BCUT2D eigenvalue weighted by atomic mass is 10.2. The summed E-state index contributed by atoms with van der Waals surface area (Å²) in [5.41, 5.74) is 1.89. The topological polar surface area (TPSA) is 77.2 Å². The quantitative estimate of drug-likeness (QED) is 0.751. The van der Waals surface area contributed by atoms with E-state index < -0.39 is 5.97 Å². The largest absolute Gasteiger partial charge is 0.494 e. The Morgan fingerprint density at radius 2 is 2.10 bits per heavy atom. The van der Waals surface area contributed by atoms with Crippen molar-refractivity contribution in [2.75, 3.05) is 6.61 Å². The molecule has 2 rings (SSSR count). The molecule has 0 fully saturated rings. The first kappa shape index (κ1) is 15.0. The van der Waals surface area contributed by atoms with Crippen LogP contribution in [-0.2, 0) is 24.2 Å². The van der Waals surface area contributed by atoms with Crippen molar-refractivity contribution in [1.29, 1.82) is 0 Å². The number of carboxylic acids is 1. The van der Waals surface area contributed by atoms with E-state index in [1.165, 1.54) is 11.8 Å². The summed E-state index contributed by atoms with van der Waals surface area (Å²) in [4.78, 5) is 10.7. The summed E-state index contributed by atoms with van der Waals surface area (Å²) in [7, 11) is 0. The monoisotopic (exact) mass is 289 g/mol. The molecule has 0 unspecified atom stereocenters. The Labute approximate surface area is 123 Å². The molecule has 0 aliphatic carbocycles. The van der Waals surface area contributed by atoms with Gasteiger partial charge in [-0.25, -0.2) is 4.68 Å². The lowest BCUT2D eigenvalue weighted by molar-refractivity contribution is -0.136. The summed E-state index contributed by atoms with van der Waals surface area (Å²) in [6, 6.07) is 8.03. The molecule has 0 atom stereocenters. The van der Waals surface area contributed by atoms with Crippen LogP contribution in [0.5, 0.6) is 5.75 Å². The number of hydrogen-bond acceptors (Lipinski definition) is 4. The molecule has 1 aromatic heterocycles. The van der Waals surface area contributed by atoms with Gasteiger partial charge in [-0.1, -0.05) is 24.3 Å². The zero-order valence-corrected chi connectivity index (χ0v) is 12.0. The first-order valence-corrected chi connectivity index (χ1v) is 7.00. The Bertz CT molecular complexity index is 578. The summed E-state index contributed by atoms with van der Waals surface area (Å²) >= 11 is 0. The van der Waals surface area contributed by atoms with E-state index in [9.17, 15) is 4.79 Å². The zero-order valence-electron chi connectivity index (χ0n) is 12.0. The normalized spacial score (nSPS) is 10.5. The van der Waals surface area contributed by atoms with Crippen LogP contribution < -0.4 is 4.74 Å². The van der Waals surface area contributed by atoms with Crippen molar-refractivity contribution < 1.29 is 14.6 Å². The molecule has 0 aliphatic heterocycles. The Hall–Kier alpha value is -2.37. The average Bonchev–Trinajstić information content (AvgIpc) is 2.91. The van der Waals surface area contributed by atoms with Gasteiger partial charge < -0.3 is 9.84 Å². The summed E-state index contributed by atoms with van der Waals surface area (Å²) in [6.07, 6.45) is 3.18. The van der Waals surface area contributed by atoms with Crippen molar-refractivity contribution in [2.24, 2.45) is 0 Å². The van der Waals surface area contributed by atoms with Gasteiger partial charge in [0.05, 0.1) is 24.9 Å². The Kier molecular flexibility index (Phi) is 5.31. The molecule has 21 heavy (non-hydrogen) atoms. The third-order valence-corrected chi connectivity index (χ3v) is 3.14. The number of nitrogens with zero attached hydrogens (tertiary/aromatic N) is 3. The first-order valence-electron chi connectivity index (χ1n) is 7.00. The predicted octanol–water partition coefficient (Wildman–Crippen LogP) is 1.94. The van der Waals surface area contributed by atoms with Crippen LogP contribution in [0.4, 0.5) is 0 Å². The van der Waals surface area contributed by atoms with Crippen molar-refractivity contribution in [3.05, 3.63) is 41.7 Å². The van der Waals surface area contributed by atoms with E-state index >= 15 is 0 Å². The number of aromatic nitrogens is 3. The summed E-state index contributed by atoms with van der Waals surface area (Å²) in [6.45, 7) is 3.26. The van der Waals surface area contributed by atoms with Crippen molar-refractivity contribution >= 4 is 5.97 Å². The fourth-order valence-corrected chi connectivity index (χ4v) is 1.98. The van der Waals surface area contributed by atoms with E-state index in [0.717, 1.165) is 18.6 Å². The van der Waals surface area contributed by atoms with Crippen LogP contribution in [0, 0.1) is 0 Å². The number of aliphatic carboxylic acids is 1. The summed E-state index contributed by atoms with van der Waals surface area (Å²) in [5, 5.41) is 16.4. The fraction of sp³-hybridized carbons (Fsp3) is 0.400. The second kappa shape index (κ2) is 7.42. The number of carbonyl (C=O) groups is 1. The van der Waals surface area contributed by atoms with Crippen LogP contribution >= 0.6 is 0 Å². The second-order valence-corrected chi connectivity index (χ2v) is 4.72. The molecular weight excluding hydrogens is 270 g/mol. The van der Waals surface area contributed by atoms with Gasteiger partial charge >= 0.3 is 5.97 Å². The van der Waals surface area contributed by atoms with Gasteiger partial charge in [-0.3, -0.25) is 4.79 Å². The van der Waals surface area contributed by atoms with E-state index in [-0.39, 0.29) is 6.42 Å². The SMILES string of the molecule is CCc1ccc(OCCCn2nncc2CC(=O)O)cc1. The smallest absolute Gasteiger partial charge is 0.309 e. The van der Waals surface area contributed by atoms with Gasteiger partial charge in [0.2, 0.25) is 0 Å². The van der Waals surface area contributed by atoms with E-state index in [1.807, 2.05) is 12.1 Å². The van der Waals surface area contributed by atoms with Crippen LogP contribution in [0.3, 0.4) is 0 Å². The highest BCUT2D eigenvalue weighted by atomic mass is 16.5. The molecule has 6 heteroatoms. The summed E-state index contributed by atoms with van der Waals surface area (Å²) in [5.74, 6) is -0.0395. The Morgan fingerprint density at radius 1 is 1.33 bits per heavy atom. The van der Waals surface area contributed by atoms with Crippen LogP contribution in [0.15, 0.2) is 30.5 Å². The van der Waals surface area contributed by atoms with Crippen LogP contribution in [-0.4, -0.2) is 32.7 Å². The summed E-state index contributed by atoms with van der Waals surface area (Å²) < 4.78 is 7.26. The highest BCUT2D eigenvalue weighted by Crippen LogP contribution is 2.12. The van der Waals surface area contributed by atoms with Gasteiger partial charge in [-0.15, -0.1) is 5.10 Å². The minimum Gasteiger partial charge on any atom is -0.494 e. The molecule has 0 amide bonds. The van der Waals surface area contributed by atoms with Crippen molar-refractivity contribution in [1.82, 2.24) is 15.0 Å². The van der Waals surface area contributed by atoms with Gasteiger partial charge in [0.15, 0.2) is 0 Å². The molecule has 0 radical (unpaired) electrons. The molecular formula is C15H19N3O3. The number of benzene rings is 1. The van der Waals surface area contributed by atoms with Crippen molar-refractivity contribution in [2.45, 2.75) is 32.7 Å². The predicted molar refractivity (Wildman–Crippen MR) is 77.3 cm³/mol. The average molecular weight is 289 g/mol. The van der Waals surface area contributed by atoms with Gasteiger partial charge in [0.1, 0.15) is 5.75 Å². The minimum absolute atomic E-state index is 0.0632. The molecule has 0 bridgehead atoms. The third kappa shape index (κ3) is 4.59. The number of hydrogen-bond donors (Lipinski definition) is 1. The lowest BCUT2D eigenvalue weighted by Gasteiger charge is -2.08. The van der Waals surface area contributed by atoms with Crippen molar-refractivity contribution in [3.8, 4) is 5.75 Å². The van der Waals surface area contributed by atoms with Crippen LogP contribution in [0.2, 0.25) is 0 Å². The molecule has 1 aromatic carbocycles. The van der Waals surface area contributed by atoms with Crippen LogP contribution in [0.1, 0.15) is 24.6 Å². The number of aryl methyl sites for hydroxylation is 2. The highest BCUT2D eigenvalue weighted by Gasteiger charge is 2.07. The maximum Gasteiger partial charge on any atom is 0.309 e. The molecule has 1 N–H and O–H groups in total. The molecule has 6 nitrogen and oxygen atoms in total. The molecule has 0 aliphatic rings. The van der Waals surface area contributed by atoms with Crippen LogP contribution in [0.25, 0.3) is 0 Å². The van der Waals surface area contributed by atoms with Gasteiger partial charge in [-0.2, -0.15) is 0 Å². The molecule has 0 saturated heterocycles. The first-order chi connectivity index (χ1) is 10.2. The van der Waals surface area contributed by atoms with E-state index in [2.05, 4.69) is 29.4 Å². The van der Waals surface area contributed by atoms with E-state index in [0.29, 0.717) is 18.8 Å².